The number of nitrogens with zero attached hydrogens (tertiary/aromatic N) is 5. The topological polar surface area (TPSA) is 229 Å². The van der Waals surface area contributed by atoms with Gasteiger partial charge in [0.1, 0.15) is 16.4 Å². The third-order valence-electron chi connectivity index (χ3n) is 7.73. The lowest BCUT2D eigenvalue weighted by molar-refractivity contribution is -0.143. The molecule has 0 aliphatic rings. The van der Waals surface area contributed by atoms with E-state index in [0.29, 0.717) is 6.42 Å². The normalized spacial score (nSPS) is 13.7. The second-order valence-electron chi connectivity index (χ2n) is 10.8. The Kier molecular flexibility index (Phi) is 11.5. The maximum Gasteiger partial charge on any atom is 0.418 e. The number of fused-ring (bicyclic) bond motifs is 1. The van der Waals surface area contributed by atoms with Gasteiger partial charge in [-0.1, -0.05) is 32.4 Å². The number of alkyl halides is 3. The molecule has 2 unspecified atom stereocenters. The number of carboxylic acids is 1. The molecule has 1 aromatic heterocycles. The van der Waals surface area contributed by atoms with Crippen molar-refractivity contribution < 1.29 is 58.1 Å². The molecule has 16 nitrogen and oxygen atoms in total. The number of methoxy groups -OCH3 is 1. The van der Waals surface area contributed by atoms with Crippen LogP contribution < -0.4 is 10.1 Å². The lowest BCUT2D eigenvalue weighted by Gasteiger charge is -2.18. The van der Waals surface area contributed by atoms with Crippen LogP contribution in [-0.2, 0) is 46.0 Å². The first-order valence-corrected chi connectivity index (χ1v) is 17.5. The Hall–Kier alpha value is -4.99. The predicted molar refractivity (Wildman–Crippen MR) is 174 cm³/mol. The molecular formula is C30H31F3N6O10S2. The largest absolute Gasteiger partial charge is 0.505 e. The molecule has 21 heteroatoms. The molecule has 0 saturated carbocycles. The first kappa shape index (κ1) is 38.8. The number of nitrogens with one attached hydrogen (secondary N) is 1. The number of anilines is 2. The number of azo groups is 1. The van der Waals surface area contributed by atoms with E-state index in [1.807, 2.05) is 6.92 Å². The summed E-state index contributed by atoms with van der Waals surface area (Å²) in [5, 5.41) is 30.8. The summed E-state index contributed by atoms with van der Waals surface area (Å²) in [5.41, 5.74) is -3.09. The molecule has 0 spiro atoms. The highest BCUT2D eigenvalue weighted by Crippen LogP contribution is 2.47. The molecule has 0 fully saturated rings. The molecule has 0 amide bonds. The van der Waals surface area contributed by atoms with Crippen molar-refractivity contribution >= 4 is 60.0 Å². The number of halogens is 3. The summed E-state index contributed by atoms with van der Waals surface area (Å²) >= 11 is 0. The number of benzene rings is 3. The Bertz CT molecular complexity index is 2220. The number of hydrogen-bond acceptors (Lipinski definition) is 15. The van der Waals surface area contributed by atoms with Gasteiger partial charge in [0.15, 0.2) is 5.75 Å². The zero-order chi connectivity index (χ0) is 37.9. The van der Waals surface area contributed by atoms with Crippen molar-refractivity contribution in [2.75, 3.05) is 26.6 Å². The summed E-state index contributed by atoms with van der Waals surface area (Å²) in [6, 6.07) is 6.54. The SMILES string of the molecule is CCC(C)C(Cc1nc(Nc2cc(S(=O)(=O)OC)cc3cc(S(=O)(=O)OC)c(N=Nc4ccccc4C(F)(F)F)c(O)c23)nc(OC)n1)C(=O)O. The molecule has 0 radical (unpaired) electrons. The summed E-state index contributed by atoms with van der Waals surface area (Å²) < 4.78 is 107. The van der Waals surface area contributed by atoms with E-state index in [1.165, 1.54) is 13.2 Å². The van der Waals surface area contributed by atoms with Crippen molar-refractivity contribution in [3.05, 3.63) is 53.9 Å². The number of aromatic hydroxyl groups is 1. The van der Waals surface area contributed by atoms with Crippen LogP contribution in [-0.4, -0.2) is 69.3 Å². The Morgan fingerprint density at radius 1 is 0.980 bits per heavy atom. The van der Waals surface area contributed by atoms with Crippen LogP contribution in [0.15, 0.2) is 62.5 Å². The molecule has 4 rings (SSSR count). The van der Waals surface area contributed by atoms with Gasteiger partial charge in [0, 0.05) is 11.8 Å². The van der Waals surface area contributed by atoms with E-state index in [4.69, 9.17) is 4.74 Å². The van der Waals surface area contributed by atoms with Gasteiger partial charge in [0.2, 0.25) is 5.95 Å². The Balaban J connectivity index is 2.02. The Morgan fingerprint density at radius 2 is 1.65 bits per heavy atom. The average molecular weight is 757 g/mol. The molecule has 3 aromatic carbocycles. The second kappa shape index (κ2) is 15.1. The fourth-order valence-electron chi connectivity index (χ4n) is 4.85. The minimum Gasteiger partial charge on any atom is -0.505 e. The van der Waals surface area contributed by atoms with E-state index < -0.39 is 70.8 Å². The van der Waals surface area contributed by atoms with Gasteiger partial charge in [-0.25, -0.2) is 0 Å². The van der Waals surface area contributed by atoms with Crippen LogP contribution in [0, 0.1) is 11.8 Å². The number of hydrogen-bond donors (Lipinski definition) is 3. The molecule has 0 saturated heterocycles. The fraction of sp³-hybridized carbons (Fsp3) is 0.333. The van der Waals surface area contributed by atoms with Gasteiger partial charge in [-0.2, -0.15) is 45.0 Å². The van der Waals surface area contributed by atoms with Crippen LogP contribution in [0.3, 0.4) is 0 Å². The molecule has 0 bridgehead atoms. The number of carbonyl (C=O) groups is 1. The van der Waals surface area contributed by atoms with Crippen LogP contribution in [0.1, 0.15) is 31.7 Å². The van der Waals surface area contributed by atoms with Gasteiger partial charge in [-0.3, -0.25) is 13.2 Å². The molecule has 4 aromatic rings. The standard InChI is InChI=1S/C30H31F3N6O10S2/c1-6-15(2)18(27(41)42)14-23-35-28(37-29(36-23)47-3)34-21-13-17(50(43,44)48-4)11-16-12-22(51(45,46)49-5)25(26(40)24(16)21)39-38-20-10-8-7-9-19(20)30(31,32)33/h7-13,15,18,40H,6,14H2,1-5H3,(H,41,42)(H,34,35,36,37). The third kappa shape index (κ3) is 8.49. The molecule has 274 valence electrons. The van der Waals surface area contributed by atoms with Gasteiger partial charge < -0.3 is 20.3 Å². The zero-order valence-electron chi connectivity index (χ0n) is 27.5. The van der Waals surface area contributed by atoms with E-state index in [2.05, 4.69) is 38.9 Å². The summed E-state index contributed by atoms with van der Waals surface area (Å²) in [6.07, 6.45) is -4.50. The molecular weight excluding hydrogens is 725 g/mol. The van der Waals surface area contributed by atoms with Crippen molar-refractivity contribution in [2.24, 2.45) is 22.1 Å². The average Bonchev–Trinajstić information content (AvgIpc) is 3.08. The van der Waals surface area contributed by atoms with Gasteiger partial charge in [-0.05, 0) is 41.6 Å². The van der Waals surface area contributed by atoms with Crippen LogP contribution in [0.5, 0.6) is 11.8 Å². The van der Waals surface area contributed by atoms with Gasteiger partial charge in [0.05, 0.1) is 49.1 Å². The number of phenolic OH excluding ortho intramolecular Hbond substituents is 1. The lowest BCUT2D eigenvalue weighted by atomic mass is 9.89. The summed E-state index contributed by atoms with van der Waals surface area (Å²) in [4.78, 5) is 23.0. The highest BCUT2D eigenvalue weighted by molar-refractivity contribution is 7.87. The quantitative estimate of drug-likeness (QED) is 0.101. The maximum atomic E-state index is 13.7. The number of aromatic nitrogens is 3. The first-order valence-electron chi connectivity index (χ1n) is 14.7. The lowest BCUT2D eigenvalue weighted by Crippen LogP contribution is -2.25. The van der Waals surface area contributed by atoms with Crippen molar-refractivity contribution in [3.63, 3.8) is 0 Å². The number of aliphatic carboxylic acids is 1. The Labute approximate surface area is 289 Å². The molecule has 2 atom stereocenters. The van der Waals surface area contributed by atoms with Crippen molar-refractivity contribution in [2.45, 2.75) is 42.7 Å². The molecule has 0 aliphatic heterocycles. The Morgan fingerprint density at radius 3 is 2.24 bits per heavy atom. The summed E-state index contributed by atoms with van der Waals surface area (Å²) in [5.74, 6) is -3.64. The summed E-state index contributed by atoms with van der Waals surface area (Å²) in [6.45, 7) is 3.55. The highest BCUT2D eigenvalue weighted by atomic mass is 32.2. The fourth-order valence-corrected chi connectivity index (χ4v) is 6.40. The zero-order valence-corrected chi connectivity index (χ0v) is 29.1. The number of phenols is 1. The number of ether oxygens (including phenoxy) is 1. The van der Waals surface area contributed by atoms with E-state index in [9.17, 15) is 45.0 Å². The molecule has 3 N–H and O–H groups in total. The number of carboxylic acid groups (broad SMARTS) is 1. The minimum atomic E-state index is -4.87. The van der Waals surface area contributed by atoms with Crippen molar-refractivity contribution in [1.82, 2.24) is 15.0 Å². The van der Waals surface area contributed by atoms with Gasteiger partial charge in [-0.15, -0.1) is 10.2 Å². The van der Waals surface area contributed by atoms with Gasteiger partial charge >= 0.3 is 18.2 Å². The van der Waals surface area contributed by atoms with Crippen molar-refractivity contribution in [3.8, 4) is 11.8 Å². The van der Waals surface area contributed by atoms with Crippen LogP contribution in [0.25, 0.3) is 10.8 Å². The second-order valence-corrected chi connectivity index (χ2v) is 14.2. The van der Waals surface area contributed by atoms with Crippen LogP contribution >= 0.6 is 0 Å². The van der Waals surface area contributed by atoms with E-state index in [0.717, 1.165) is 50.6 Å². The molecule has 51 heavy (non-hydrogen) atoms. The minimum absolute atomic E-state index is 0.0301. The smallest absolute Gasteiger partial charge is 0.418 e. The first-order chi connectivity index (χ1) is 23.9. The van der Waals surface area contributed by atoms with Crippen LogP contribution in [0.2, 0.25) is 0 Å². The van der Waals surface area contributed by atoms with E-state index >= 15 is 0 Å². The van der Waals surface area contributed by atoms with E-state index in [1.54, 1.807) is 6.92 Å². The predicted octanol–water partition coefficient (Wildman–Crippen LogP) is 5.88. The monoisotopic (exact) mass is 756 g/mol. The van der Waals surface area contributed by atoms with Crippen LogP contribution in [0.4, 0.5) is 36.2 Å². The van der Waals surface area contributed by atoms with Crippen molar-refractivity contribution in [1.29, 1.82) is 0 Å². The van der Waals surface area contributed by atoms with E-state index in [-0.39, 0.29) is 46.6 Å². The third-order valence-corrected chi connectivity index (χ3v) is 10.3. The molecule has 0 aliphatic carbocycles. The highest BCUT2D eigenvalue weighted by Gasteiger charge is 2.34. The summed E-state index contributed by atoms with van der Waals surface area (Å²) in [7, 11) is -6.42. The maximum absolute atomic E-state index is 13.7. The van der Waals surface area contributed by atoms with Gasteiger partial charge in [0.25, 0.3) is 20.2 Å². The number of rotatable bonds is 14. The molecule has 1 heterocycles.